The maximum Gasteiger partial charge on any atom is 0.116 e. The van der Waals surface area contributed by atoms with Crippen molar-refractivity contribution in [3.63, 3.8) is 0 Å². The van der Waals surface area contributed by atoms with Crippen molar-refractivity contribution in [1.82, 2.24) is 0 Å². The minimum Gasteiger partial charge on any atom is -0.508 e. The van der Waals surface area contributed by atoms with E-state index in [0.29, 0.717) is 11.2 Å². The molecule has 4 rings (SSSR count). The van der Waals surface area contributed by atoms with Crippen molar-refractivity contribution < 1.29 is 5.11 Å². The van der Waals surface area contributed by atoms with Gasteiger partial charge in [-0.3, -0.25) is 0 Å². The molecule has 2 atom stereocenters. The van der Waals surface area contributed by atoms with Gasteiger partial charge in [-0.1, -0.05) is 31.5 Å². The summed E-state index contributed by atoms with van der Waals surface area (Å²) in [7, 11) is 0. The molecule has 19 heavy (non-hydrogen) atoms. The number of phenolic OH excluding ortho intramolecular Hbond substituents is 1. The van der Waals surface area contributed by atoms with Crippen molar-refractivity contribution in [3.05, 3.63) is 41.5 Å². The van der Waals surface area contributed by atoms with Gasteiger partial charge in [0.1, 0.15) is 5.75 Å². The predicted molar refractivity (Wildman–Crippen MR) is 78.6 cm³/mol. The van der Waals surface area contributed by atoms with E-state index in [4.69, 9.17) is 0 Å². The first-order valence-electron chi connectivity index (χ1n) is 7.42. The van der Waals surface area contributed by atoms with Gasteiger partial charge < -0.3 is 5.11 Å². The fourth-order valence-corrected chi connectivity index (χ4v) is 4.48. The summed E-state index contributed by atoms with van der Waals surface area (Å²) in [5, 5.41) is 12.2. The normalized spacial score (nSPS) is 29.2. The summed E-state index contributed by atoms with van der Waals surface area (Å²) in [6.45, 7) is 2.48. The molecule has 2 aromatic rings. The first-order valence-corrected chi connectivity index (χ1v) is 7.42. The Kier molecular flexibility index (Phi) is 2.24. The molecule has 2 aromatic carbocycles. The number of aromatic hydroxyl groups is 1. The van der Waals surface area contributed by atoms with Crippen LogP contribution in [0.15, 0.2) is 30.3 Å². The molecule has 1 N–H and O–H groups in total. The van der Waals surface area contributed by atoms with E-state index in [1.807, 2.05) is 12.1 Å². The quantitative estimate of drug-likeness (QED) is 0.716. The van der Waals surface area contributed by atoms with Gasteiger partial charge in [-0.05, 0) is 71.0 Å². The highest BCUT2D eigenvalue weighted by molar-refractivity contribution is 5.88. The second kappa shape index (κ2) is 3.75. The van der Waals surface area contributed by atoms with Gasteiger partial charge in [0.05, 0.1) is 0 Å². The van der Waals surface area contributed by atoms with Gasteiger partial charge in [0, 0.05) is 0 Å². The molecule has 0 spiro atoms. The first-order chi connectivity index (χ1) is 9.17. The largest absolute Gasteiger partial charge is 0.508 e. The van der Waals surface area contributed by atoms with E-state index in [9.17, 15) is 5.11 Å². The van der Waals surface area contributed by atoms with Gasteiger partial charge in [0.2, 0.25) is 0 Å². The third-order valence-corrected chi connectivity index (χ3v) is 5.55. The third kappa shape index (κ3) is 1.54. The van der Waals surface area contributed by atoms with Crippen LogP contribution in [0, 0.1) is 5.41 Å². The minimum absolute atomic E-state index is 0.369. The number of rotatable bonds is 0. The van der Waals surface area contributed by atoms with Crippen molar-refractivity contribution in [1.29, 1.82) is 0 Å². The Morgan fingerprint density at radius 2 is 2.05 bits per heavy atom. The average Bonchev–Trinajstić information content (AvgIpc) is 2.79. The van der Waals surface area contributed by atoms with Gasteiger partial charge in [-0.25, -0.2) is 0 Å². The van der Waals surface area contributed by atoms with E-state index in [2.05, 4.69) is 25.1 Å². The molecule has 2 aliphatic carbocycles. The highest BCUT2D eigenvalue weighted by Gasteiger charge is 2.42. The van der Waals surface area contributed by atoms with Crippen LogP contribution in [0.25, 0.3) is 10.8 Å². The summed E-state index contributed by atoms with van der Waals surface area (Å²) in [6.07, 6.45) is 6.65. The molecule has 0 bridgehead atoms. The van der Waals surface area contributed by atoms with Crippen LogP contribution in [0.1, 0.15) is 49.7 Å². The Bertz CT molecular complexity index is 658. The average molecular weight is 252 g/mol. The van der Waals surface area contributed by atoms with E-state index in [1.54, 1.807) is 11.1 Å². The number of aryl methyl sites for hydroxylation is 1. The number of benzene rings is 2. The zero-order chi connectivity index (χ0) is 13.0. The lowest BCUT2D eigenvalue weighted by molar-refractivity contribution is 0.253. The SMILES string of the molecule is C[C@@]12CCC[C@H]1c1ccc3cc(O)ccc3c1CC2. The summed E-state index contributed by atoms with van der Waals surface area (Å²) in [5.74, 6) is 1.13. The maximum atomic E-state index is 9.63. The van der Waals surface area contributed by atoms with Crippen LogP contribution in [-0.2, 0) is 6.42 Å². The summed E-state index contributed by atoms with van der Waals surface area (Å²) >= 11 is 0. The maximum absolute atomic E-state index is 9.63. The number of hydrogen-bond donors (Lipinski definition) is 1. The van der Waals surface area contributed by atoms with E-state index in [0.717, 1.165) is 5.92 Å². The molecule has 0 aromatic heterocycles. The van der Waals surface area contributed by atoms with Gasteiger partial charge >= 0.3 is 0 Å². The Labute approximate surface area is 114 Å². The molecule has 0 unspecified atom stereocenters. The minimum atomic E-state index is 0.369. The van der Waals surface area contributed by atoms with Crippen LogP contribution in [0.5, 0.6) is 5.75 Å². The lowest BCUT2D eigenvalue weighted by Crippen LogP contribution is -2.26. The standard InChI is InChI=1S/C18H20O/c1-18-9-2-3-17(18)16-6-4-12-11-13(19)5-7-14(12)15(16)8-10-18/h4-7,11,17,19H,2-3,8-10H2,1H3/t17-,18-/m0/s1. The monoisotopic (exact) mass is 252 g/mol. The molecule has 2 aliphatic rings. The third-order valence-electron chi connectivity index (χ3n) is 5.55. The summed E-state index contributed by atoms with van der Waals surface area (Å²) < 4.78 is 0. The second-order valence-corrected chi connectivity index (χ2v) is 6.64. The fourth-order valence-electron chi connectivity index (χ4n) is 4.48. The highest BCUT2D eigenvalue weighted by atomic mass is 16.3. The topological polar surface area (TPSA) is 20.2 Å². The Balaban J connectivity index is 1.95. The summed E-state index contributed by atoms with van der Waals surface area (Å²) in [4.78, 5) is 0. The van der Waals surface area contributed by atoms with E-state index in [1.165, 1.54) is 42.9 Å². The number of hydrogen-bond acceptors (Lipinski definition) is 1. The molecule has 0 amide bonds. The Morgan fingerprint density at radius 1 is 1.16 bits per heavy atom. The Morgan fingerprint density at radius 3 is 2.95 bits per heavy atom. The van der Waals surface area contributed by atoms with Crippen molar-refractivity contribution in [3.8, 4) is 5.75 Å². The van der Waals surface area contributed by atoms with E-state index < -0.39 is 0 Å². The van der Waals surface area contributed by atoms with Crippen molar-refractivity contribution in [2.75, 3.05) is 0 Å². The smallest absolute Gasteiger partial charge is 0.116 e. The summed E-state index contributed by atoms with van der Waals surface area (Å²) in [5.41, 5.74) is 3.67. The molecule has 1 fully saturated rings. The number of phenols is 1. The molecule has 0 radical (unpaired) electrons. The van der Waals surface area contributed by atoms with Crippen LogP contribution in [-0.4, -0.2) is 5.11 Å². The molecule has 0 heterocycles. The lowest BCUT2D eigenvalue weighted by atomic mass is 9.66. The van der Waals surface area contributed by atoms with E-state index >= 15 is 0 Å². The highest BCUT2D eigenvalue weighted by Crippen LogP contribution is 2.56. The van der Waals surface area contributed by atoms with Crippen LogP contribution in [0.2, 0.25) is 0 Å². The molecule has 1 nitrogen and oxygen atoms in total. The van der Waals surface area contributed by atoms with Crippen molar-refractivity contribution >= 4 is 10.8 Å². The second-order valence-electron chi connectivity index (χ2n) is 6.64. The number of fused-ring (bicyclic) bond motifs is 5. The van der Waals surface area contributed by atoms with E-state index in [-0.39, 0.29) is 0 Å². The molecule has 1 heteroatoms. The van der Waals surface area contributed by atoms with Crippen LogP contribution < -0.4 is 0 Å². The molecule has 0 saturated heterocycles. The summed E-state index contributed by atoms with van der Waals surface area (Å²) in [6, 6.07) is 10.3. The predicted octanol–water partition coefficient (Wildman–Crippen LogP) is 4.77. The van der Waals surface area contributed by atoms with Gasteiger partial charge in [0.25, 0.3) is 0 Å². The zero-order valence-electron chi connectivity index (χ0n) is 11.4. The van der Waals surface area contributed by atoms with Gasteiger partial charge in [0.15, 0.2) is 0 Å². The van der Waals surface area contributed by atoms with Crippen molar-refractivity contribution in [2.45, 2.75) is 44.9 Å². The van der Waals surface area contributed by atoms with Crippen LogP contribution in [0.3, 0.4) is 0 Å². The fraction of sp³-hybridized carbons (Fsp3) is 0.444. The van der Waals surface area contributed by atoms with Gasteiger partial charge in [-0.15, -0.1) is 0 Å². The molecule has 98 valence electrons. The molecule has 0 aliphatic heterocycles. The van der Waals surface area contributed by atoms with Crippen LogP contribution >= 0.6 is 0 Å². The zero-order valence-corrected chi connectivity index (χ0v) is 11.4. The molecular formula is C18H20O. The lowest BCUT2D eigenvalue weighted by Gasteiger charge is -2.38. The van der Waals surface area contributed by atoms with Crippen molar-refractivity contribution in [2.24, 2.45) is 5.41 Å². The Hall–Kier alpha value is -1.50. The molecular weight excluding hydrogens is 232 g/mol. The molecule has 1 saturated carbocycles. The van der Waals surface area contributed by atoms with Gasteiger partial charge in [-0.2, -0.15) is 0 Å². The van der Waals surface area contributed by atoms with Crippen LogP contribution in [0.4, 0.5) is 0 Å². The first kappa shape index (κ1) is 11.3.